The number of rotatable bonds is 5. The number of anilines is 2. The van der Waals surface area contributed by atoms with E-state index in [1.807, 2.05) is 61.5 Å². The molecule has 0 atom stereocenters. The first-order valence-electron chi connectivity index (χ1n) is 17.8. The Bertz CT molecular complexity index is 2710. The summed E-state index contributed by atoms with van der Waals surface area (Å²) in [5, 5.41) is 0. The van der Waals surface area contributed by atoms with Crippen LogP contribution < -0.4 is 4.90 Å². The summed E-state index contributed by atoms with van der Waals surface area (Å²) in [5.74, 6) is 2.87. The molecule has 0 unspecified atom stereocenters. The van der Waals surface area contributed by atoms with Crippen molar-refractivity contribution in [2.75, 3.05) is 4.90 Å². The van der Waals surface area contributed by atoms with Gasteiger partial charge in [0.1, 0.15) is 17.5 Å². The third-order valence-electron chi connectivity index (χ3n) is 9.55. The van der Waals surface area contributed by atoms with E-state index in [0.717, 1.165) is 67.7 Å². The van der Waals surface area contributed by atoms with Crippen molar-refractivity contribution in [2.45, 2.75) is 13.5 Å². The van der Waals surface area contributed by atoms with E-state index in [4.69, 9.17) is 9.98 Å². The molecular formula is C47H36N6. The van der Waals surface area contributed by atoms with Gasteiger partial charge in [-0.3, -0.25) is 19.0 Å². The van der Waals surface area contributed by atoms with Crippen molar-refractivity contribution in [3.05, 3.63) is 205 Å². The summed E-state index contributed by atoms with van der Waals surface area (Å²) in [6, 6.07) is 64.8. The smallest absolute Gasteiger partial charge is 0.145 e. The summed E-state index contributed by atoms with van der Waals surface area (Å²) in [5.41, 5.74) is 12.1. The fourth-order valence-corrected chi connectivity index (χ4v) is 7.17. The maximum absolute atomic E-state index is 5.07. The van der Waals surface area contributed by atoms with Crippen molar-refractivity contribution >= 4 is 39.3 Å². The highest BCUT2D eigenvalue weighted by molar-refractivity contribution is 6.16. The van der Waals surface area contributed by atoms with Crippen molar-refractivity contribution < 1.29 is 0 Å². The average molecular weight is 685 g/mol. The van der Waals surface area contributed by atoms with Crippen LogP contribution in [0.5, 0.6) is 0 Å². The van der Waals surface area contributed by atoms with Gasteiger partial charge in [-0.2, -0.15) is 0 Å². The Kier molecular flexibility index (Phi) is 8.38. The van der Waals surface area contributed by atoms with Crippen molar-refractivity contribution in [2.24, 2.45) is 4.99 Å². The summed E-state index contributed by atoms with van der Waals surface area (Å²) in [7, 11) is 0. The quantitative estimate of drug-likeness (QED) is 0.181. The zero-order chi connectivity index (χ0) is 35.6. The maximum Gasteiger partial charge on any atom is 0.145 e. The summed E-state index contributed by atoms with van der Waals surface area (Å²) >= 11 is 0. The van der Waals surface area contributed by atoms with Gasteiger partial charge < -0.3 is 0 Å². The summed E-state index contributed by atoms with van der Waals surface area (Å²) in [6.45, 7) is 2.69. The Labute approximate surface area is 308 Å². The second-order valence-corrected chi connectivity index (χ2v) is 12.9. The van der Waals surface area contributed by atoms with Crippen molar-refractivity contribution in [1.82, 2.24) is 19.1 Å². The molecular weight excluding hydrogens is 649 g/mol. The van der Waals surface area contributed by atoms with Crippen LogP contribution in [0.25, 0.3) is 44.8 Å². The highest BCUT2D eigenvalue weighted by atomic mass is 15.2. The van der Waals surface area contributed by atoms with Gasteiger partial charge >= 0.3 is 0 Å². The Morgan fingerprint density at radius 3 is 1.68 bits per heavy atom. The predicted molar refractivity (Wildman–Crippen MR) is 218 cm³/mol. The molecule has 1 aliphatic rings. The molecule has 6 heteroatoms. The maximum atomic E-state index is 5.07. The van der Waals surface area contributed by atoms with Gasteiger partial charge in [-0.25, -0.2) is 9.97 Å². The Hall–Kier alpha value is -7.05. The molecule has 6 nitrogen and oxygen atoms in total. The van der Waals surface area contributed by atoms with Crippen LogP contribution in [0.4, 0.5) is 11.4 Å². The summed E-state index contributed by atoms with van der Waals surface area (Å²) in [6.07, 6.45) is 0. The van der Waals surface area contributed by atoms with Crippen LogP contribution in [-0.2, 0) is 6.54 Å². The topological polar surface area (TPSA) is 51.2 Å². The van der Waals surface area contributed by atoms with Gasteiger partial charge in [0.2, 0.25) is 0 Å². The number of aromatic nitrogens is 4. The van der Waals surface area contributed by atoms with E-state index in [-0.39, 0.29) is 0 Å². The summed E-state index contributed by atoms with van der Waals surface area (Å²) < 4.78 is 4.41. The number of nitrogens with zero attached hydrogens (tertiary/aromatic N) is 6. The minimum Gasteiger partial charge on any atom is -0.297 e. The van der Waals surface area contributed by atoms with E-state index in [0.29, 0.717) is 6.54 Å². The molecule has 53 heavy (non-hydrogen) atoms. The number of para-hydroxylation sites is 8. The summed E-state index contributed by atoms with van der Waals surface area (Å²) in [4.78, 5) is 17.0. The molecule has 0 amide bonds. The molecule has 0 radical (unpaired) electrons. The molecule has 0 N–H and O–H groups in total. The van der Waals surface area contributed by atoms with Gasteiger partial charge in [-0.05, 0) is 85.3 Å². The minimum absolute atomic E-state index is 0.654. The second kappa shape index (κ2) is 13.9. The number of hydrogen-bond donors (Lipinski definition) is 0. The number of benzene rings is 7. The number of imidazole rings is 2. The molecule has 7 aromatic carbocycles. The molecule has 2 aromatic heterocycles. The standard InChI is InChI=1S/C33H24N4.C14H12N2/c1-3-15-27(16-4-1)36-30-20-9-7-12-26(30)23-34-32(36)24-13-11-14-25(22-24)33-35-29-19-8-10-21-31(29)37(33)28-17-5-2-6-18-28;1-11-15-13-9-5-6-10-14(13)16(11)12-7-3-2-4-8-12/h1-22H,23H2;2-10H,1H3. The number of hydrogen-bond acceptors (Lipinski definition) is 4. The molecule has 0 bridgehead atoms. The Morgan fingerprint density at radius 2 is 0.981 bits per heavy atom. The molecule has 0 spiro atoms. The fraction of sp³-hybridized carbons (Fsp3) is 0.0426. The van der Waals surface area contributed by atoms with Gasteiger partial charge in [-0.15, -0.1) is 0 Å². The van der Waals surface area contributed by atoms with E-state index in [1.54, 1.807) is 0 Å². The molecule has 0 saturated carbocycles. The fourth-order valence-electron chi connectivity index (χ4n) is 7.17. The van der Waals surface area contributed by atoms with Crippen molar-refractivity contribution in [1.29, 1.82) is 0 Å². The first-order valence-corrected chi connectivity index (χ1v) is 17.8. The van der Waals surface area contributed by atoms with E-state index >= 15 is 0 Å². The van der Waals surface area contributed by atoms with E-state index < -0.39 is 0 Å². The third-order valence-corrected chi connectivity index (χ3v) is 9.55. The lowest BCUT2D eigenvalue weighted by atomic mass is 10.0. The zero-order valence-electron chi connectivity index (χ0n) is 29.3. The van der Waals surface area contributed by atoms with Crippen LogP contribution in [0.2, 0.25) is 0 Å². The number of aliphatic imine (C=N–C) groups is 1. The molecule has 3 heterocycles. The predicted octanol–water partition coefficient (Wildman–Crippen LogP) is 11.1. The highest BCUT2D eigenvalue weighted by Crippen LogP contribution is 2.36. The van der Waals surface area contributed by atoms with Crippen molar-refractivity contribution in [3.8, 4) is 22.8 Å². The number of fused-ring (bicyclic) bond motifs is 3. The SMILES string of the molecule is Cc1nc2ccccc2n1-c1ccccc1.c1ccc(N2C(c3cccc(-c4nc5ccccc5n4-c4ccccc4)c3)=NCc3ccccc32)cc1. The van der Waals surface area contributed by atoms with Crippen LogP contribution >= 0.6 is 0 Å². The van der Waals surface area contributed by atoms with Crippen LogP contribution in [0, 0.1) is 6.92 Å². The minimum atomic E-state index is 0.654. The average Bonchev–Trinajstić information content (AvgIpc) is 3.79. The van der Waals surface area contributed by atoms with Gasteiger partial charge in [0, 0.05) is 28.2 Å². The lowest BCUT2D eigenvalue weighted by Crippen LogP contribution is -2.30. The number of amidine groups is 1. The number of aryl methyl sites for hydroxylation is 1. The molecule has 0 aliphatic carbocycles. The van der Waals surface area contributed by atoms with Gasteiger partial charge in [0.15, 0.2) is 0 Å². The van der Waals surface area contributed by atoms with E-state index in [1.165, 1.54) is 11.3 Å². The van der Waals surface area contributed by atoms with Crippen molar-refractivity contribution in [3.63, 3.8) is 0 Å². The zero-order valence-corrected chi connectivity index (χ0v) is 29.3. The lowest BCUT2D eigenvalue weighted by Gasteiger charge is -2.32. The van der Waals surface area contributed by atoms with Crippen LogP contribution in [-0.4, -0.2) is 24.9 Å². The highest BCUT2D eigenvalue weighted by Gasteiger charge is 2.25. The second-order valence-electron chi connectivity index (χ2n) is 12.9. The third kappa shape index (κ3) is 6.06. The molecule has 0 saturated heterocycles. The van der Waals surface area contributed by atoms with Gasteiger partial charge in [-0.1, -0.05) is 115 Å². The van der Waals surface area contributed by atoms with E-state index in [9.17, 15) is 0 Å². The molecule has 1 aliphatic heterocycles. The molecule has 0 fully saturated rings. The van der Waals surface area contributed by atoms with Crippen LogP contribution in [0.1, 0.15) is 17.0 Å². The molecule has 254 valence electrons. The van der Waals surface area contributed by atoms with Crippen LogP contribution in [0.3, 0.4) is 0 Å². The van der Waals surface area contributed by atoms with Crippen LogP contribution in [0.15, 0.2) is 193 Å². The molecule has 9 aromatic rings. The molecule has 10 rings (SSSR count). The lowest BCUT2D eigenvalue weighted by molar-refractivity contribution is 1.00. The largest absolute Gasteiger partial charge is 0.297 e. The Morgan fingerprint density at radius 1 is 0.453 bits per heavy atom. The Balaban J connectivity index is 0.000000194. The van der Waals surface area contributed by atoms with Gasteiger partial charge in [0.25, 0.3) is 0 Å². The monoisotopic (exact) mass is 684 g/mol. The normalized spacial score (nSPS) is 12.2. The first kappa shape index (κ1) is 31.9. The van der Waals surface area contributed by atoms with E-state index in [2.05, 4.69) is 152 Å². The first-order chi connectivity index (χ1) is 26.2. The van der Waals surface area contributed by atoms with Gasteiger partial charge in [0.05, 0.1) is 34.3 Å².